The Kier molecular flexibility index (Phi) is 1.39. The molecule has 0 fully saturated rings. The van der Waals surface area contributed by atoms with Crippen molar-refractivity contribution in [1.29, 1.82) is 0 Å². The van der Waals surface area contributed by atoms with E-state index in [2.05, 4.69) is 24.3 Å². The monoisotopic (exact) mass is 172 g/mol. The summed E-state index contributed by atoms with van der Waals surface area (Å²) in [6.07, 6.45) is 5.87. The molecule has 0 radical (unpaired) electrons. The van der Waals surface area contributed by atoms with Gasteiger partial charge in [-0.3, -0.25) is 0 Å². The molecule has 0 saturated carbocycles. The van der Waals surface area contributed by atoms with E-state index in [1.54, 1.807) is 0 Å². The number of benzene rings is 1. The molecule has 0 aliphatic heterocycles. The predicted octanol–water partition coefficient (Wildman–Crippen LogP) is 2.32. The van der Waals surface area contributed by atoms with Gasteiger partial charge in [0, 0.05) is 11.8 Å². The number of fused-ring (bicyclic) bond motifs is 5. The second kappa shape index (κ2) is 2.46. The molecule has 1 aromatic rings. The fraction of sp³-hybridized carbons (Fsp3) is 0.333. The fourth-order valence-electron chi connectivity index (χ4n) is 2.54. The van der Waals surface area contributed by atoms with Gasteiger partial charge in [0.25, 0.3) is 0 Å². The summed E-state index contributed by atoms with van der Waals surface area (Å²) < 4.78 is 0. The molecule has 66 valence electrons. The van der Waals surface area contributed by atoms with Crippen LogP contribution in [0.1, 0.15) is 34.9 Å². The van der Waals surface area contributed by atoms with Crippen molar-refractivity contribution >= 4 is 0 Å². The zero-order chi connectivity index (χ0) is 8.84. The lowest BCUT2D eigenvalue weighted by molar-refractivity contribution is 0.281. The Morgan fingerprint density at radius 1 is 1.15 bits per heavy atom. The summed E-state index contributed by atoms with van der Waals surface area (Å²) in [6, 6.07) is 6.37. The van der Waals surface area contributed by atoms with Crippen molar-refractivity contribution < 1.29 is 5.11 Å². The molecule has 0 aromatic heterocycles. The van der Waals surface area contributed by atoms with Gasteiger partial charge in [-0.15, -0.1) is 0 Å². The van der Waals surface area contributed by atoms with E-state index in [0.717, 1.165) is 5.56 Å². The molecular weight excluding hydrogens is 160 g/mol. The third-order valence-electron chi connectivity index (χ3n) is 3.22. The standard InChI is InChI=1S/C12H12O/c13-7-8-1-4-11-9-2-3-10(6-9)12(11)5-8/h1-5,9-10,13H,6-7H2/t9-,10-/m1/s1. The first kappa shape index (κ1) is 7.34. The molecule has 1 heteroatoms. The van der Waals surface area contributed by atoms with Crippen LogP contribution in [-0.4, -0.2) is 5.11 Å². The van der Waals surface area contributed by atoms with Crippen molar-refractivity contribution in [3.8, 4) is 0 Å². The number of aliphatic hydroxyl groups excluding tert-OH is 1. The number of aliphatic hydroxyl groups is 1. The van der Waals surface area contributed by atoms with Crippen LogP contribution in [0.2, 0.25) is 0 Å². The molecule has 13 heavy (non-hydrogen) atoms. The summed E-state index contributed by atoms with van der Waals surface area (Å²) in [7, 11) is 0. The first-order valence-electron chi connectivity index (χ1n) is 4.80. The van der Waals surface area contributed by atoms with Gasteiger partial charge >= 0.3 is 0 Å². The quantitative estimate of drug-likeness (QED) is 0.644. The molecule has 3 rings (SSSR count). The smallest absolute Gasteiger partial charge is 0.0681 e. The van der Waals surface area contributed by atoms with Gasteiger partial charge in [0.1, 0.15) is 0 Å². The van der Waals surface area contributed by atoms with Crippen molar-refractivity contribution in [2.75, 3.05) is 0 Å². The lowest BCUT2D eigenvalue weighted by Crippen LogP contribution is -1.94. The Morgan fingerprint density at radius 3 is 2.69 bits per heavy atom. The average molecular weight is 172 g/mol. The van der Waals surface area contributed by atoms with E-state index in [1.165, 1.54) is 17.5 Å². The molecule has 1 N–H and O–H groups in total. The van der Waals surface area contributed by atoms with E-state index in [4.69, 9.17) is 5.11 Å². The Balaban J connectivity index is 2.14. The molecule has 2 aliphatic carbocycles. The molecule has 1 nitrogen and oxygen atoms in total. The lowest BCUT2D eigenvalue weighted by Gasteiger charge is -2.10. The summed E-state index contributed by atoms with van der Waals surface area (Å²) in [5, 5.41) is 9.02. The van der Waals surface area contributed by atoms with Crippen molar-refractivity contribution in [2.24, 2.45) is 0 Å². The van der Waals surface area contributed by atoms with Crippen LogP contribution in [0.5, 0.6) is 0 Å². The summed E-state index contributed by atoms with van der Waals surface area (Å²) in [5.41, 5.74) is 3.96. The Bertz CT molecular complexity index is 379. The van der Waals surface area contributed by atoms with Crippen LogP contribution in [0.3, 0.4) is 0 Å². The third kappa shape index (κ3) is 0.909. The van der Waals surface area contributed by atoms with E-state index in [1.807, 2.05) is 6.07 Å². The van der Waals surface area contributed by atoms with Crippen LogP contribution >= 0.6 is 0 Å². The summed E-state index contributed by atoms with van der Waals surface area (Å²) in [5.74, 6) is 1.29. The van der Waals surface area contributed by atoms with Gasteiger partial charge in [-0.25, -0.2) is 0 Å². The van der Waals surface area contributed by atoms with Gasteiger partial charge in [-0.05, 0) is 23.1 Å². The van der Waals surface area contributed by atoms with Gasteiger partial charge in [-0.2, -0.15) is 0 Å². The maximum Gasteiger partial charge on any atom is 0.0681 e. The van der Waals surface area contributed by atoms with Gasteiger partial charge < -0.3 is 5.11 Å². The number of allylic oxidation sites excluding steroid dienone is 2. The average Bonchev–Trinajstić information content (AvgIpc) is 2.77. The Labute approximate surface area is 77.7 Å². The summed E-state index contributed by atoms with van der Waals surface area (Å²) >= 11 is 0. The van der Waals surface area contributed by atoms with E-state index in [0.29, 0.717) is 11.8 Å². The van der Waals surface area contributed by atoms with Crippen LogP contribution in [0.15, 0.2) is 30.4 Å². The normalized spacial score (nSPS) is 28.1. The lowest BCUT2D eigenvalue weighted by atomic mass is 9.95. The first-order valence-corrected chi connectivity index (χ1v) is 4.80. The predicted molar refractivity (Wildman–Crippen MR) is 51.6 cm³/mol. The SMILES string of the molecule is OCc1ccc2c(c1)[C@@H]1C=C[C@@H]2C1. The molecule has 1 aromatic carbocycles. The van der Waals surface area contributed by atoms with Crippen LogP contribution in [0.25, 0.3) is 0 Å². The van der Waals surface area contributed by atoms with E-state index in [9.17, 15) is 0 Å². The van der Waals surface area contributed by atoms with Crippen LogP contribution in [0, 0.1) is 0 Å². The molecule has 2 bridgehead atoms. The van der Waals surface area contributed by atoms with Gasteiger partial charge in [0.15, 0.2) is 0 Å². The fourth-order valence-corrected chi connectivity index (χ4v) is 2.54. The highest BCUT2D eigenvalue weighted by Crippen LogP contribution is 2.48. The van der Waals surface area contributed by atoms with Gasteiger partial charge in [0.05, 0.1) is 6.61 Å². The molecular formula is C12H12O. The zero-order valence-corrected chi connectivity index (χ0v) is 7.40. The summed E-state index contributed by atoms with van der Waals surface area (Å²) in [6.45, 7) is 0.161. The van der Waals surface area contributed by atoms with Crippen LogP contribution < -0.4 is 0 Å². The van der Waals surface area contributed by atoms with E-state index < -0.39 is 0 Å². The van der Waals surface area contributed by atoms with Gasteiger partial charge in [0.2, 0.25) is 0 Å². The highest BCUT2D eigenvalue weighted by molar-refractivity contribution is 5.48. The van der Waals surface area contributed by atoms with Crippen molar-refractivity contribution in [2.45, 2.75) is 24.9 Å². The minimum atomic E-state index is 0.161. The third-order valence-corrected chi connectivity index (χ3v) is 3.22. The largest absolute Gasteiger partial charge is 0.392 e. The molecule has 0 unspecified atom stereocenters. The van der Waals surface area contributed by atoms with Crippen molar-refractivity contribution in [1.82, 2.24) is 0 Å². The van der Waals surface area contributed by atoms with E-state index >= 15 is 0 Å². The second-order valence-electron chi connectivity index (χ2n) is 3.95. The minimum Gasteiger partial charge on any atom is -0.392 e. The zero-order valence-electron chi connectivity index (χ0n) is 7.40. The molecule has 2 aliphatic rings. The van der Waals surface area contributed by atoms with Crippen LogP contribution in [0.4, 0.5) is 0 Å². The number of hydrogen-bond acceptors (Lipinski definition) is 1. The van der Waals surface area contributed by atoms with Gasteiger partial charge in [-0.1, -0.05) is 30.4 Å². The minimum absolute atomic E-state index is 0.161. The maximum atomic E-state index is 9.02. The number of hydrogen-bond donors (Lipinski definition) is 1. The van der Waals surface area contributed by atoms with Crippen molar-refractivity contribution in [3.63, 3.8) is 0 Å². The molecule has 0 amide bonds. The summed E-state index contributed by atoms with van der Waals surface area (Å²) in [4.78, 5) is 0. The Hall–Kier alpha value is -1.08. The molecule has 0 spiro atoms. The number of rotatable bonds is 1. The highest BCUT2D eigenvalue weighted by Gasteiger charge is 2.32. The molecule has 0 saturated heterocycles. The van der Waals surface area contributed by atoms with Crippen molar-refractivity contribution in [3.05, 3.63) is 47.0 Å². The maximum absolute atomic E-state index is 9.02. The Morgan fingerprint density at radius 2 is 1.92 bits per heavy atom. The second-order valence-corrected chi connectivity index (χ2v) is 3.95. The molecule has 0 heterocycles. The van der Waals surface area contributed by atoms with Crippen LogP contribution in [-0.2, 0) is 6.61 Å². The first-order chi connectivity index (χ1) is 6.38. The highest BCUT2D eigenvalue weighted by atomic mass is 16.3. The van der Waals surface area contributed by atoms with E-state index in [-0.39, 0.29) is 6.61 Å². The topological polar surface area (TPSA) is 20.2 Å². The molecule has 2 atom stereocenters.